The molecular formula is C14H20S2. The first-order valence-corrected chi connectivity index (χ1v) is 8.10. The normalized spacial score (nSPS) is 21.6. The molecule has 1 aromatic rings. The Kier molecular flexibility index (Phi) is 4.26. The van der Waals surface area contributed by atoms with Crippen molar-refractivity contribution in [2.75, 3.05) is 11.5 Å². The number of rotatable bonds is 3. The molecule has 1 aromatic carbocycles. The van der Waals surface area contributed by atoms with Gasteiger partial charge in [0.2, 0.25) is 0 Å². The lowest BCUT2D eigenvalue weighted by molar-refractivity contribution is 0.514. The summed E-state index contributed by atoms with van der Waals surface area (Å²) < 4.78 is 0.314. The maximum absolute atomic E-state index is 2.40. The van der Waals surface area contributed by atoms with Crippen LogP contribution in [0.1, 0.15) is 32.3 Å². The Morgan fingerprint density at radius 2 is 1.81 bits per heavy atom. The van der Waals surface area contributed by atoms with Crippen LogP contribution >= 0.6 is 23.5 Å². The number of hydrogen-bond acceptors (Lipinski definition) is 2. The lowest BCUT2D eigenvalue weighted by Crippen LogP contribution is -2.29. The van der Waals surface area contributed by atoms with Crippen molar-refractivity contribution < 1.29 is 0 Å². The van der Waals surface area contributed by atoms with Crippen LogP contribution in [-0.4, -0.2) is 11.5 Å². The van der Waals surface area contributed by atoms with Gasteiger partial charge < -0.3 is 0 Å². The van der Waals surface area contributed by atoms with Crippen molar-refractivity contribution in [2.45, 2.75) is 30.8 Å². The first-order valence-electron chi connectivity index (χ1n) is 6.13. The third-order valence-corrected chi connectivity index (χ3v) is 7.19. The molecule has 1 aliphatic heterocycles. The first kappa shape index (κ1) is 12.4. The minimum Gasteiger partial charge on any atom is -0.139 e. The van der Waals surface area contributed by atoms with Crippen molar-refractivity contribution in [3.63, 3.8) is 0 Å². The van der Waals surface area contributed by atoms with Crippen molar-refractivity contribution >= 4 is 23.5 Å². The SMILES string of the molecule is CC[C@@H](C)C1(c2ccccc2)SCCCS1. The molecule has 0 saturated carbocycles. The van der Waals surface area contributed by atoms with Gasteiger partial charge in [0.25, 0.3) is 0 Å². The monoisotopic (exact) mass is 252 g/mol. The number of benzene rings is 1. The number of thioether (sulfide) groups is 2. The molecule has 0 radical (unpaired) electrons. The summed E-state index contributed by atoms with van der Waals surface area (Å²) in [7, 11) is 0. The van der Waals surface area contributed by atoms with Crippen LogP contribution in [0.15, 0.2) is 30.3 Å². The largest absolute Gasteiger partial charge is 0.139 e. The molecule has 0 spiro atoms. The van der Waals surface area contributed by atoms with Gasteiger partial charge in [0.05, 0.1) is 4.08 Å². The average molecular weight is 252 g/mol. The summed E-state index contributed by atoms with van der Waals surface area (Å²) in [5.74, 6) is 3.36. The van der Waals surface area contributed by atoms with E-state index in [2.05, 4.69) is 67.7 Å². The second-order valence-electron chi connectivity index (χ2n) is 4.39. The predicted molar refractivity (Wildman–Crippen MR) is 77.1 cm³/mol. The summed E-state index contributed by atoms with van der Waals surface area (Å²) in [4.78, 5) is 0. The van der Waals surface area contributed by atoms with E-state index in [0.717, 1.165) is 5.92 Å². The van der Waals surface area contributed by atoms with Gasteiger partial charge in [-0.2, -0.15) is 0 Å². The molecule has 0 amide bonds. The van der Waals surface area contributed by atoms with Crippen molar-refractivity contribution in [2.24, 2.45) is 5.92 Å². The molecule has 1 saturated heterocycles. The predicted octanol–water partition coefficient (Wildman–Crippen LogP) is 4.76. The molecule has 0 nitrogen and oxygen atoms in total. The van der Waals surface area contributed by atoms with Crippen LogP contribution in [0.3, 0.4) is 0 Å². The summed E-state index contributed by atoms with van der Waals surface area (Å²) in [5, 5.41) is 0. The van der Waals surface area contributed by atoms with E-state index in [0.29, 0.717) is 4.08 Å². The quantitative estimate of drug-likeness (QED) is 0.761. The van der Waals surface area contributed by atoms with E-state index in [1.165, 1.54) is 29.9 Å². The molecule has 0 aliphatic carbocycles. The lowest BCUT2D eigenvalue weighted by atomic mass is 9.97. The molecule has 2 rings (SSSR count). The maximum atomic E-state index is 2.40. The highest BCUT2D eigenvalue weighted by Gasteiger charge is 2.39. The molecule has 1 heterocycles. The van der Waals surface area contributed by atoms with Crippen molar-refractivity contribution in [3.05, 3.63) is 35.9 Å². The average Bonchev–Trinajstić information content (AvgIpc) is 2.39. The van der Waals surface area contributed by atoms with Crippen LogP contribution in [0.4, 0.5) is 0 Å². The van der Waals surface area contributed by atoms with E-state index < -0.39 is 0 Å². The van der Waals surface area contributed by atoms with Gasteiger partial charge in [-0.25, -0.2) is 0 Å². The van der Waals surface area contributed by atoms with Crippen molar-refractivity contribution in [1.29, 1.82) is 0 Å². The highest BCUT2D eigenvalue weighted by molar-refractivity contribution is 8.18. The zero-order valence-corrected chi connectivity index (χ0v) is 11.7. The van der Waals surface area contributed by atoms with E-state index in [9.17, 15) is 0 Å². The molecule has 1 fully saturated rings. The zero-order chi connectivity index (χ0) is 11.4. The van der Waals surface area contributed by atoms with Crippen LogP contribution < -0.4 is 0 Å². The standard InChI is InChI=1S/C14H20S2/c1-3-12(2)14(15-10-7-11-16-14)13-8-5-4-6-9-13/h4-6,8-9,12H,3,7,10-11H2,1-2H3/t12-/m1/s1. The Bertz CT molecular complexity index is 315. The van der Waals surface area contributed by atoms with Gasteiger partial charge in [-0.15, -0.1) is 23.5 Å². The smallest absolute Gasteiger partial charge is 0.0885 e. The third kappa shape index (κ3) is 2.28. The van der Waals surface area contributed by atoms with Gasteiger partial charge in [-0.05, 0) is 29.4 Å². The Balaban J connectivity index is 2.34. The lowest BCUT2D eigenvalue weighted by Gasteiger charge is -2.41. The van der Waals surface area contributed by atoms with E-state index in [1.807, 2.05) is 0 Å². The second kappa shape index (κ2) is 5.50. The highest BCUT2D eigenvalue weighted by atomic mass is 32.2. The van der Waals surface area contributed by atoms with Crippen LogP contribution in [-0.2, 0) is 4.08 Å². The Morgan fingerprint density at radius 1 is 1.19 bits per heavy atom. The van der Waals surface area contributed by atoms with Crippen molar-refractivity contribution in [3.8, 4) is 0 Å². The van der Waals surface area contributed by atoms with Gasteiger partial charge in [0, 0.05) is 0 Å². The molecule has 0 unspecified atom stereocenters. The Hall–Kier alpha value is -0.0800. The summed E-state index contributed by atoms with van der Waals surface area (Å²) in [5.41, 5.74) is 1.51. The van der Waals surface area contributed by atoms with E-state index >= 15 is 0 Å². The van der Waals surface area contributed by atoms with Gasteiger partial charge in [-0.3, -0.25) is 0 Å². The molecule has 0 bridgehead atoms. The molecule has 1 aliphatic rings. The molecule has 0 N–H and O–H groups in total. The summed E-state index contributed by atoms with van der Waals surface area (Å²) >= 11 is 4.32. The third-order valence-electron chi connectivity index (χ3n) is 3.36. The molecule has 16 heavy (non-hydrogen) atoms. The number of hydrogen-bond donors (Lipinski definition) is 0. The van der Waals surface area contributed by atoms with E-state index in [1.54, 1.807) is 0 Å². The van der Waals surface area contributed by atoms with Gasteiger partial charge >= 0.3 is 0 Å². The zero-order valence-electron chi connectivity index (χ0n) is 10.1. The fraction of sp³-hybridized carbons (Fsp3) is 0.571. The molecule has 2 heteroatoms. The molecule has 0 aromatic heterocycles. The van der Waals surface area contributed by atoms with Gasteiger partial charge in [-0.1, -0.05) is 50.6 Å². The van der Waals surface area contributed by atoms with Crippen LogP contribution in [0.5, 0.6) is 0 Å². The molecule has 88 valence electrons. The Morgan fingerprint density at radius 3 is 2.38 bits per heavy atom. The minimum absolute atomic E-state index is 0.314. The van der Waals surface area contributed by atoms with Gasteiger partial charge in [0.15, 0.2) is 0 Å². The fourth-order valence-corrected chi connectivity index (χ4v) is 5.93. The van der Waals surface area contributed by atoms with Crippen LogP contribution in [0, 0.1) is 5.92 Å². The van der Waals surface area contributed by atoms with Crippen molar-refractivity contribution in [1.82, 2.24) is 0 Å². The van der Waals surface area contributed by atoms with Gasteiger partial charge in [0.1, 0.15) is 0 Å². The van der Waals surface area contributed by atoms with E-state index in [-0.39, 0.29) is 0 Å². The first-order chi connectivity index (χ1) is 7.79. The van der Waals surface area contributed by atoms with Crippen LogP contribution in [0.2, 0.25) is 0 Å². The topological polar surface area (TPSA) is 0 Å². The summed E-state index contributed by atoms with van der Waals surface area (Å²) in [6, 6.07) is 11.1. The van der Waals surface area contributed by atoms with E-state index in [4.69, 9.17) is 0 Å². The fourth-order valence-electron chi connectivity index (χ4n) is 2.22. The minimum atomic E-state index is 0.314. The maximum Gasteiger partial charge on any atom is 0.0885 e. The Labute approximate surface area is 108 Å². The summed E-state index contributed by atoms with van der Waals surface area (Å²) in [6.45, 7) is 4.71. The second-order valence-corrected chi connectivity index (χ2v) is 7.33. The summed E-state index contributed by atoms with van der Waals surface area (Å²) in [6.07, 6.45) is 2.62. The van der Waals surface area contributed by atoms with Crippen LogP contribution in [0.25, 0.3) is 0 Å². The molecular weight excluding hydrogens is 232 g/mol. The molecule has 1 atom stereocenters. The highest BCUT2D eigenvalue weighted by Crippen LogP contribution is 2.55.